The highest BCUT2D eigenvalue weighted by Gasteiger charge is 2.27. The lowest BCUT2D eigenvalue weighted by atomic mass is 10.2. The predicted octanol–water partition coefficient (Wildman–Crippen LogP) is 1.90. The molecule has 3 heterocycles. The summed E-state index contributed by atoms with van der Waals surface area (Å²) in [5, 5.41) is 11.1. The van der Waals surface area contributed by atoms with Crippen LogP contribution in [0.25, 0.3) is 0 Å². The molecule has 1 fully saturated rings. The average molecular weight is 317 g/mol. The molecule has 0 spiro atoms. The Morgan fingerprint density at radius 1 is 1.39 bits per heavy atom. The summed E-state index contributed by atoms with van der Waals surface area (Å²) in [4.78, 5) is 14.4. The fourth-order valence-corrected chi connectivity index (χ4v) is 3.16. The van der Waals surface area contributed by atoms with Gasteiger partial charge in [0, 0.05) is 17.8 Å². The van der Waals surface area contributed by atoms with Gasteiger partial charge in [0.25, 0.3) is 0 Å². The summed E-state index contributed by atoms with van der Waals surface area (Å²) in [5.74, 6) is 1.10. The van der Waals surface area contributed by atoms with Crippen molar-refractivity contribution in [3.05, 3.63) is 29.3 Å². The third-order valence-corrected chi connectivity index (χ3v) is 4.23. The smallest absolute Gasteiger partial charge is 0.239 e. The standard InChI is InChI=1S/C16H23N5O2/c1-11-7-12(2)21(18-11)9-14-5-4-6-20(14)10-16(22)17-15-8-13(3)23-19-15/h7-8,14H,4-6,9-10H2,1-3H3,(H,17,19,22)/t14-/m1/s1. The van der Waals surface area contributed by atoms with E-state index < -0.39 is 0 Å². The normalized spacial score (nSPS) is 18.5. The quantitative estimate of drug-likeness (QED) is 0.911. The maximum Gasteiger partial charge on any atom is 0.239 e. The molecule has 1 saturated heterocycles. The summed E-state index contributed by atoms with van der Waals surface area (Å²) in [6, 6.07) is 4.14. The van der Waals surface area contributed by atoms with Crippen LogP contribution in [0, 0.1) is 20.8 Å². The molecule has 124 valence electrons. The Bertz CT molecular complexity index is 690. The fraction of sp³-hybridized carbons (Fsp3) is 0.562. The van der Waals surface area contributed by atoms with Crippen LogP contribution in [0.1, 0.15) is 30.0 Å². The number of aryl methyl sites for hydroxylation is 3. The first kappa shape index (κ1) is 15.7. The van der Waals surface area contributed by atoms with Crippen molar-refractivity contribution in [2.24, 2.45) is 0 Å². The van der Waals surface area contributed by atoms with Gasteiger partial charge >= 0.3 is 0 Å². The lowest BCUT2D eigenvalue weighted by molar-refractivity contribution is -0.117. The molecule has 3 rings (SSSR count). The van der Waals surface area contributed by atoms with Gasteiger partial charge in [-0.1, -0.05) is 5.16 Å². The molecule has 0 radical (unpaired) electrons. The second-order valence-corrected chi connectivity index (χ2v) is 6.25. The summed E-state index contributed by atoms with van der Waals surface area (Å²) in [6.07, 6.45) is 2.20. The van der Waals surface area contributed by atoms with Gasteiger partial charge in [-0.25, -0.2) is 0 Å². The zero-order chi connectivity index (χ0) is 16.4. The number of likely N-dealkylation sites (tertiary alicyclic amines) is 1. The predicted molar refractivity (Wildman–Crippen MR) is 86.2 cm³/mol. The number of nitrogens with zero attached hydrogens (tertiary/aromatic N) is 4. The molecule has 0 bridgehead atoms. The van der Waals surface area contributed by atoms with Crippen molar-refractivity contribution >= 4 is 11.7 Å². The van der Waals surface area contributed by atoms with Crippen molar-refractivity contribution in [2.75, 3.05) is 18.4 Å². The van der Waals surface area contributed by atoms with Crippen molar-refractivity contribution in [3.63, 3.8) is 0 Å². The molecule has 1 N–H and O–H groups in total. The van der Waals surface area contributed by atoms with Crippen LogP contribution >= 0.6 is 0 Å². The van der Waals surface area contributed by atoms with E-state index in [-0.39, 0.29) is 5.91 Å². The van der Waals surface area contributed by atoms with Crippen LogP contribution in [0.4, 0.5) is 5.82 Å². The highest BCUT2D eigenvalue weighted by Crippen LogP contribution is 2.19. The van der Waals surface area contributed by atoms with Crippen molar-refractivity contribution < 1.29 is 9.32 Å². The number of aromatic nitrogens is 3. The number of hydrogen-bond acceptors (Lipinski definition) is 5. The zero-order valence-electron chi connectivity index (χ0n) is 13.9. The third kappa shape index (κ3) is 3.79. The van der Waals surface area contributed by atoms with Gasteiger partial charge in [-0.05, 0) is 46.2 Å². The molecule has 2 aromatic rings. The highest BCUT2D eigenvalue weighted by atomic mass is 16.5. The molecule has 0 aliphatic carbocycles. The van der Waals surface area contributed by atoms with Gasteiger partial charge < -0.3 is 9.84 Å². The van der Waals surface area contributed by atoms with Gasteiger partial charge in [0.1, 0.15) is 5.76 Å². The van der Waals surface area contributed by atoms with Crippen LogP contribution < -0.4 is 5.32 Å². The Hall–Kier alpha value is -2.15. The molecule has 2 aromatic heterocycles. The Labute approximate surface area is 135 Å². The van der Waals surface area contributed by atoms with Crippen LogP contribution in [-0.4, -0.2) is 44.9 Å². The van der Waals surface area contributed by atoms with Crippen LogP contribution in [0.2, 0.25) is 0 Å². The molecule has 1 atom stereocenters. The van der Waals surface area contributed by atoms with Crippen molar-refractivity contribution in [3.8, 4) is 0 Å². The molecule has 1 aliphatic rings. The molecule has 1 aliphatic heterocycles. The van der Waals surface area contributed by atoms with Crippen LogP contribution in [0.5, 0.6) is 0 Å². The van der Waals surface area contributed by atoms with E-state index in [2.05, 4.69) is 33.5 Å². The lowest BCUT2D eigenvalue weighted by Crippen LogP contribution is -2.39. The van der Waals surface area contributed by atoms with Crippen LogP contribution in [0.3, 0.4) is 0 Å². The molecule has 0 unspecified atom stereocenters. The SMILES string of the molecule is Cc1cc(C)n(C[C@H]2CCCN2CC(=O)Nc2cc(C)on2)n1. The molecule has 1 amide bonds. The average Bonchev–Trinajstić information content (AvgIpc) is 3.15. The van der Waals surface area contributed by atoms with E-state index in [1.165, 1.54) is 0 Å². The van der Waals surface area contributed by atoms with Gasteiger partial charge in [0.15, 0.2) is 5.82 Å². The van der Waals surface area contributed by atoms with E-state index in [1.807, 2.05) is 11.6 Å². The van der Waals surface area contributed by atoms with Gasteiger partial charge in [-0.15, -0.1) is 0 Å². The first-order valence-electron chi connectivity index (χ1n) is 7.99. The minimum atomic E-state index is -0.0569. The van der Waals surface area contributed by atoms with Crippen molar-refractivity contribution in [1.29, 1.82) is 0 Å². The molecular formula is C16H23N5O2. The van der Waals surface area contributed by atoms with Crippen molar-refractivity contribution in [1.82, 2.24) is 19.8 Å². The number of carbonyl (C=O) groups is 1. The summed E-state index contributed by atoms with van der Waals surface area (Å²) in [6.45, 7) is 8.01. The molecule has 7 heteroatoms. The Balaban J connectivity index is 1.58. The summed E-state index contributed by atoms with van der Waals surface area (Å²) in [5.41, 5.74) is 2.20. The molecule has 0 saturated carbocycles. The Morgan fingerprint density at radius 3 is 2.87 bits per heavy atom. The lowest BCUT2D eigenvalue weighted by Gasteiger charge is -2.24. The second kappa shape index (κ2) is 6.54. The number of hydrogen-bond donors (Lipinski definition) is 1. The van der Waals surface area contributed by atoms with Gasteiger partial charge in [0.05, 0.1) is 18.8 Å². The third-order valence-electron chi connectivity index (χ3n) is 4.23. The summed E-state index contributed by atoms with van der Waals surface area (Å²) >= 11 is 0. The first-order valence-corrected chi connectivity index (χ1v) is 7.99. The number of carbonyl (C=O) groups excluding carboxylic acids is 1. The maximum absolute atomic E-state index is 12.2. The van der Waals surface area contributed by atoms with E-state index in [9.17, 15) is 4.79 Å². The Morgan fingerprint density at radius 2 is 2.22 bits per heavy atom. The molecule has 23 heavy (non-hydrogen) atoms. The summed E-state index contributed by atoms with van der Waals surface area (Å²) < 4.78 is 7.00. The number of anilines is 1. The van der Waals surface area contributed by atoms with Crippen LogP contribution in [0.15, 0.2) is 16.7 Å². The van der Waals surface area contributed by atoms with Gasteiger partial charge in [0.2, 0.25) is 5.91 Å². The minimum Gasteiger partial charge on any atom is -0.360 e. The molecular weight excluding hydrogens is 294 g/mol. The number of rotatable bonds is 5. The zero-order valence-corrected chi connectivity index (χ0v) is 13.9. The van der Waals surface area contributed by atoms with Crippen LogP contribution in [-0.2, 0) is 11.3 Å². The van der Waals surface area contributed by atoms with E-state index in [1.54, 1.807) is 13.0 Å². The maximum atomic E-state index is 12.2. The highest BCUT2D eigenvalue weighted by molar-refractivity contribution is 5.91. The Kier molecular flexibility index (Phi) is 4.47. The topological polar surface area (TPSA) is 76.2 Å². The largest absolute Gasteiger partial charge is 0.360 e. The monoisotopic (exact) mass is 317 g/mol. The minimum absolute atomic E-state index is 0.0569. The van der Waals surface area contributed by atoms with Crippen molar-refractivity contribution in [2.45, 2.75) is 46.2 Å². The molecule has 7 nitrogen and oxygen atoms in total. The van der Waals surface area contributed by atoms with E-state index in [0.29, 0.717) is 24.2 Å². The van der Waals surface area contributed by atoms with E-state index in [4.69, 9.17) is 4.52 Å². The first-order chi connectivity index (χ1) is 11.0. The fourth-order valence-electron chi connectivity index (χ4n) is 3.16. The van der Waals surface area contributed by atoms with Gasteiger partial charge in [-0.3, -0.25) is 14.4 Å². The molecule has 0 aromatic carbocycles. The van der Waals surface area contributed by atoms with Gasteiger partial charge in [-0.2, -0.15) is 5.10 Å². The van der Waals surface area contributed by atoms with E-state index in [0.717, 1.165) is 37.3 Å². The number of amides is 1. The van der Waals surface area contributed by atoms with E-state index >= 15 is 0 Å². The second-order valence-electron chi connectivity index (χ2n) is 6.25. The summed E-state index contributed by atoms with van der Waals surface area (Å²) in [7, 11) is 0. The number of nitrogens with one attached hydrogen (secondary N) is 1.